The van der Waals surface area contributed by atoms with Crippen molar-refractivity contribution in [3.05, 3.63) is 33.0 Å². The monoisotopic (exact) mass is 310 g/mol. The molecule has 106 valence electrons. The van der Waals surface area contributed by atoms with Crippen LogP contribution in [-0.2, 0) is 16.0 Å². The average molecular weight is 310 g/mol. The summed E-state index contributed by atoms with van der Waals surface area (Å²) in [6.07, 6.45) is 0.302. The Morgan fingerprint density at radius 1 is 1.45 bits per heavy atom. The molecule has 2 aromatic heterocycles. The summed E-state index contributed by atoms with van der Waals surface area (Å²) >= 11 is 2.68. The number of thiazole rings is 1. The molecule has 0 saturated carbocycles. The largest absolute Gasteiger partial charge is 0.462 e. The molecule has 2 aromatic rings. The van der Waals surface area contributed by atoms with E-state index in [2.05, 4.69) is 10.3 Å². The summed E-state index contributed by atoms with van der Waals surface area (Å²) < 4.78 is 4.93. The predicted molar refractivity (Wildman–Crippen MR) is 79.5 cm³/mol. The topological polar surface area (TPSA) is 68.3 Å². The molecule has 1 N–H and O–H groups in total. The number of rotatable bonds is 5. The molecule has 1 amide bonds. The number of thiophene rings is 1. The van der Waals surface area contributed by atoms with Gasteiger partial charge in [-0.1, -0.05) is 11.3 Å². The van der Waals surface area contributed by atoms with Gasteiger partial charge in [-0.05, 0) is 36.2 Å². The summed E-state index contributed by atoms with van der Waals surface area (Å²) in [6, 6.07) is 1.90. The number of esters is 1. The number of aromatic nitrogens is 1. The first-order chi connectivity index (χ1) is 9.60. The summed E-state index contributed by atoms with van der Waals surface area (Å²) in [5.74, 6) is -0.548. The van der Waals surface area contributed by atoms with Crippen LogP contribution < -0.4 is 5.32 Å². The van der Waals surface area contributed by atoms with Gasteiger partial charge in [0.25, 0.3) is 0 Å². The number of nitrogens with zero attached hydrogens (tertiary/aromatic N) is 1. The van der Waals surface area contributed by atoms with Gasteiger partial charge >= 0.3 is 5.97 Å². The Kier molecular flexibility index (Phi) is 4.86. The Morgan fingerprint density at radius 3 is 2.90 bits per heavy atom. The lowest BCUT2D eigenvalue weighted by Gasteiger charge is -1.99. The minimum absolute atomic E-state index is 0.146. The van der Waals surface area contributed by atoms with E-state index < -0.39 is 5.97 Å². The molecular weight excluding hydrogens is 296 g/mol. The zero-order valence-corrected chi connectivity index (χ0v) is 12.8. The van der Waals surface area contributed by atoms with Gasteiger partial charge in [0.2, 0.25) is 5.91 Å². The van der Waals surface area contributed by atoms with Crippen molar-refractivity contribution in [3.8, 4) is 0 Å². The first kappa shape index (κ1) is 14.7. The Morgan fingerprint density at radius 2 is 2.25 bits per heavy atom. The highest BCUT2D eigenvalue weighted by Crippen LogP contribution is 2.23. The Balaban J connectivity index is 2.01. The predicted octanol–water partition coefficient (Wildman–Crippen LogP) is 2.87. The molecule has 0 atom stereocenters. The Bertz CT molecular complexity index is 605. The molecule has 0 saturated heterocycles. The molecule has 0 aromatic carbocycles. The quantitative estimate of drug-likeness (QED) is 0.862. The van der Waals surface area contributed by atoms with Crippen LogP contribution in [0.2, 0.25) is 0 Å². The third kappa shape index (κ3) is 3.64. The maximum Gasteiger partial charge on any atom is 0.350 e. The molecule has 0 radical (unpaired) electrons. The van der Waals surface area contributed by atoms with Crippen LogP contribution in [0.4, 0.5) is 5.13 Å². The molecule has 0 fully saturated rings. The molecule has 20 heavy (non-hydrogen) atoms. The fourth-order valence-corrected chi connectivity index (χ4v) is 3.12. The summed E-state index contributed by atoms with van der Waals surface area (Å²) in [7, 11) is 0. The van der Waals surface area contributed by atoms with Gasteiger partial charge in [0, 0.05) is 0 Å². The second kappa shape index (κ2) is 6.62. The number of amides is 1. The highest BCUT2D eigenvalue weighted by molar-refractivity contribution is 7.17. The SMILES string of the molecule is CCOC(=O)c1sc(NC(=O)Cc2ccsc2)nc1C. The minimum atomic E-state index is -0.402. The van der Waals surface area contributed by atoms with E-state index in [-0.39, 0.29) is 5.91 Å². The van der Waals surface area contributed by atoms with Gasteiger partial charge in [-0.2, -0.15) is 11.3 Å². The molecule has 0 unspecified atom stereocenters. The van der Waals surface area contributed by atoms with Crippen molar-refractivity contribution in [2.24, 2.45) is 0 Å². The number of carbonyl (C=O) groups is 2. The summed E-state index contributed by atoms with van der Waals surface area (Å²) in [5.41, 5.74) is 1.53. The minimum Gasteiger partial charge on any atom is -0.462 e. The van der Waals surface area contributed by atoms with E-state index in [1.165, 1.54) is 0 Å². The maximum atomic E-state index is 11.8. The average Bonchev–Trinajstić information content (AvgIpc) is 2.99. The highest BCUT2D eigenvalue weighted by atomic mass is 32.1. The first-order valence-electron chi connectivity index (χ1n) is 6.05. The number of hydrogen-bond acceptors (Lipinski definition) is 6. The van der Waals surface area contributed by atoms with Crippen molar-refractivity contribution in [2.45, 2.75) is 20.3 Å². The number of anilines is 1. The van der Waals surface area contributed by atoms with Crippen LogP contribution in [0.5, 0.6) is 0 Å². The lowest BCUT2D eigenvalue weighted by Crippen LogP contribution is -2.13. The number of carbonyl (C=O) groups excluding carboxylic acids is 2. The van der Waals surface area contributed by atoms with Crippen molar-refractivity contribution in [2.75, 3.05) is 11.9 Å². The van der Waals surface area contributed by atoms with E-state index >= 15 is 0 Å². The molecule has 0 bridgehead atoms. The van der Waals surface area contributed by atoms with Gasteiger partial charge < -0.3 is 10.1 Å². The van der Waals surface area contributed by atoms with Gasteiger partial charge in [0.1, 0.15) is 4.88 Å². The second-order valence-electron chi connectivity index (χ2n) is 4.01. The lowest BCUT2D eigenvalue weighted by atomic mass is 10.2. The number of ether oxygens (including phenoxy) is 1. The van der Waals surface area contributed by atoms with Crippen LogP contribution in [0.3, 0.4) is 0 Å². The third-order valence-corrected chi connectivity index (χ3v) is 4.23. The van der Waals surface area contributed by atoms with Crippen LogP contribution in [0.15, 0.2) is 16.8 Å². The Labute approximate surface area is 124 Å². The number of nitrogens with one attached hydrogen (secondary N) is 1. The lowest BCUT2D eigenvalue weighted by molar-refractivity contribution is -0.115. The maximum absolute atomic E-state index is 11.8. The molecule has 0 aliphatic heterocycles. The van der Waals surface area contributed by atoms with Gasteiger partial charge in [0.05, 0.1) is 18.7 Å². The fraction of sp³-hybridized carbons (Fsp3) is 0.308. The van der Waals surface area contributed by atoms with Gasteiger partial charge in [-0.25, -0.2) is 9.78 Å². The van der Waals surface area contributed by atoms with E-state index in [1.807, 2.05) is 16.8 Å². The molecule has 2 rings (SSSR count). The zero-order valence-electron chi connectivity index (χ0n) is 11.1. The molecule has 7 heteroatoms. The molecule has 5 nitrogen and oxygen atoms in total. The number of hydrogen-bond donors (Lipinski definition) is 1. The van der Waals surface area contributed by atoms with E-state index in [9.17, 15) is 9.59 Å². The smallest absolute Gasteiger partial charge is 0.350 e. The molecule has 2 heterocycles. The first-order valence-corrected chi connectivity index (χ1v) is 7.81. The third-order valence-electron chi connectivity index (χ3n) is 2.45. The van der Waals surface area contributed by atoms with Crippen molar-refractivity contribution < 1.29 is 14.3 Å². The highest BCUT2D eigenvalue weighted by Gasteiger charge is 2.17. The summed E-state index contributed by atoms with van der Waals surface area (Å²) in [6.45, 7) is 3.78. The van der Waals surface area contributed by atoms with Crippen molar-refractivity contribution in [3.63, 3.8) is 0 Å². The van der Waals surface area contributed by atoms with Gasteiger partial charge in [0.15, 0.2) is 5.13 Å². The van der Waals surface area contributed by atoms with Crippen molar-refractivity contribution in [1.82, 2.24) is 4.98 Å². The van der Waals surface area contributed by atoms with Crippen molar-refractivity contribution >= 4 is 39.7 Å². The van der Waals surface area contributed by atoms with Crippen LogP contribution in [0, 0.1) is 6.92 Å². The normalized spacial score (nSPS) is 10.3. The summed E-state index contributed by atoms with van der Waals surface area (Å²) in [4.78, 5) is 28.1. The van der Waals surface area contributed by atoms with E-state index in [4.69, 9.17) is 4.74 Å². The number of aryl methyl sites for hydroxylation is 1. The zero-order chi connectivity index (χ0) is 14.5. The van der Waals surface area contributed by atoms with Gasteiger partial charge in [-0.15, -0.1) is 0 Å². The molecule has 0 spiro atoms. The fourth-order valence-electron chi connectivity index (χ4n) is 1.58. The van der Waals surface area contributed by atoms with Crippen LogP contribution >= 0.6 is 22.7 Å². The van der Waals surface area contributed by atoms with Crippen LogP contribution in [0.1, 0.15) is 27.9 Å². The standard InChI is InChI=1S/C13H14N2O3S2/c1-3-18-12(17)11-8(2)14-13(20-11)15-10(16)6-9-4-5-19-7-9/h4-5,7H,3,6H2,1-2H3,(H,14,15,16). The molecule has 0 aliphatic rings. The van der Waals surface area contributed by atoms with Crippen LogP contribution in [-0.4, -0.2) is 23.5 Å². The van der Waals surface area contributed by atoms with Crippen LogP contribution in [0.25, 0.3) is 0 Å². The van der Waals surface area contributed by atoms with E-state index in [1.54, 1.807) is 25.2 Å². The second-order valence-corrected chi connectivity index (χ2v) is 5.79. The van der Waals surface area contributed by atoms with E-state index in [0.29, 0.717) is 28.7 Å². The summed E-state index contributed by atoms with van der Waals surface area (Å²) in [5, 5.41) is 6.98. The van der Waals surface area contributed by atoms with Crippen molar-refractivity contribution in [1.29, 1.82) is 0 Å². The Hall–Kier alpha value is -1.73. The van der Waals surface area contributed by atoms with Gasteiger partial charge in [-0.3, -0.25) is 4.79 Å². The molecule has 0 aliphatic carbocycles. The molecular formula is C13H14N2O3S2. The van der Waals surface area contributed by atoms with E-state index in [0.717, 1.165) is 16.9 Å².